The average Bonchev–Trinajstić information content (AvgIpc) is 3.20. The number of anilines is 1. The fraction of sp³-hybridized carbons (Fsp3) is 0.611. The molecule has 10 heteroatoms. The van der Waals surface area contributed by atoms with Gasteiger partial charge in [0.2, 0.25) is 10.0 Å². The quantitative estimate of drug-likeness (QED) is 0.797. The molecule has 2 aliphatic rings. The second-order valence-electron chi connectivity index (χ2n) is 7.14. The number of nitrogens with one attached hydrogen (secondary N) is 1. The molecule has 2 saturated heterocycles. The lowest BCUT2D eigenvalue weighted by molar-refractivity contribution is -0.123. The van der Waals surface area contributed by atoms with Crippen molar-refractivity contribution in [2.45, 2.75) is 43.2 Å². The number of amides is 1. The van der Waals surface area contributed by atoms with E-state index in [0.717, 1.165) is 32.1 Å². The normalized spacial score (nSPS) is 19.0. The SMILES string of the molecule is O=C(NCC(F)(F)F)c1cc(S(=O)(=O)N2CCCCC2)ccc1N1CCCC1. The van der Waals surface area contributed by atoms with Gasteiger partial charge in [0, 0.05) is 31.9 Å². The topological polar surface area (TPSA) is 69.7 Å². The smallest absolute Gasteiger partial charge is 0.371 e. The monoisotopic (exact) mass is 419 g/mol. The molecule has 2 fully saturated rings. The molecule has 6 nitrogen and oxygen atoms in total. The fourth-order valence-electron chi connectivity index (χ4n) is 3.62. The lowest BCUT2D eigenvalue weighted by atomic mass is 10.1. The molecule has 1 aromatic rings. The third-order valence-corrected chi connectivity index (χ3v) is 6.96. The molecule has 3 rings (SSSR count). The van der Waals surface area contributed by atoms with Crippen LogP contribution in [0.15, 0.2) is 23.1 Å². The molecule has 0 unspecified atom stereocenters. The minimum atomic E-state index is -4.54. The van der Waals surface area contributed by atoms with Gasteiger partial charge in [0.05, 0.1) is 10.5 Å². The molecule has 28 heavy (non-hydrogen) atoms. The van der Waals surface area contributed by atoms with E-state index in [9.17, 15) is 26.4 Å². The molecule has 0 radical (unpaired) electrons. The fourth-order valence-corrected chi connectivity index (χ4v) is 5.17. The summed E-state index contributed by atoms with van der Waals surface area (Å²) in [7, 11) is -3.79. The summed E-state index contributed by atoms with van der Waals surface area (Å²) in [4.78, 5) is 14.3. The Kier molecular flexibility index (Phi) is 6.18. The van der Waals surface area contributed by atoms with Crippen LogP contribution in [-0.4, -0.2) is 57.5 Å². The van der Waals surface area contributed by atoms with Crippen LogP contribution in [0.1, 0.15) is 42.5 Å². The highest BCUT2D eigenvalue weighted by molar-refractivity contribution is 7.89. The van der Waals surface area contributed by atoms with Crippen molar-refractivity contribution in [3.8, 4) is 0 Å². The van der Waals surface area contributed by atoms with Crippen LogP contribution in [0.25, 0.3) is 0 Å². The summed E-state index contributed by atoms with van der Waals surface area (Å²) in [6, 6.07) is 4.19. The van der Waals surface area contributed by atoms with E-state index in [2.05, 4.69) is 0 Å². The van der Waals surface area contributed by atoms with E-state index >= 15 is 0 Å². The highest BCUT2D eigenvalue weighted by atomic mass is 32.2. The Bertz CT molecular complexity index is 815. The Morgan fingerprint density at radius 3 is 2.21 bits per heavy atom. The van der Waals surface area contributed by atoms with E-state index in [1.54, 1.807) is 0 Å². The van der Waals surface area contributed by atoms with E-state index in [-0.39, 0.29) is 10.5 Å². The van der Waals surface area contributed by atoms with E-state index in [4.69, 9.17) is 0 Å². The molecule has 2 aliphatic heterocycles. The highest BCUT2D eigenvalue weighted by Gasteiger charge is 2.31. The molecule has 0 aromatic heterocycles. The number of rotatable bonds is 5. The zero-order valence-electron chi connectivity index (χ0n) is 15.5. The van der Waals surface area contributed by atoms with Crippen LogP contribution in [0, 0.1) is 0 Å². The zero-order chi connectivity index (χ0) is 20.4. The Labute approximate surface area is 162 Å². The number of nitrogens with zero attached hydrogens (tertiary/aromatic N) is 2. The summed E-state index contributed by atoms with van der Waals surface area (Å²) >= 11 is 0. The minimum absolute atomic E-state index is 0.0377. The lowest BCUT2D eigenvalue weighted by Crippen LogP contribution is -2.37. The number of halogens is 3. The summed E-state index contributed by atoms with van der Waals surface area (Å²) in [5.74, 6) is -0.921. The Balaban J connectivity index is 1.94. The van der Waals surface area contributed by atoms with Gasteiger partial charge in [0.25, 0.3) is 5.91 Å². The number of piperidine rings is 1. The molecule has 1 amide bonds. The number of carbonyl (C=O) groups is 1. The van der Waals surface area contributed by atoms with Crippen LogP contribution in [0.4, 0.5) is 18.9 Å². The van der Waals surface area contributed by atoms with Gasteiger partial charge < -0.3 is 10.2 Å². The largest absolute Gasteiger partial charge is 0.405 e. The van der Waals surface area contributed by atoms with Crippen molar-refractivity contribution in [1.82, 2.24) is 9.62 Å². The van der Waals surface area contributed by atoms with Gasteiger partial charge >= 0.3 is 6.18 Å². The Morgan fingerprint density at radius 1 is 1.00 bits per heavy atom. The summed E-state index contributed by atoms with van der Waals surface area (Å²) in [6.07, 6.45) is -0.213. The molecule has 0 saturated carbocycles. The second-order valence-corrected chi connectivity index (χ2v) is 9.07. The summed E-state index contributed by atoms with van der Waals surface area (Å²) < 4.78 is 64.7. The Morgan fingerprint density at radius 2 is 1.61 bits per heavy atom. The zero-order valence-corrected chi connectivity index (χ0v) is 16.3. The van der Waals surface area contributed by atoms with Crippen molar-refractivity contribution < 1.29 is 26.4 Å². The van der Waals surface area contributed by atoms with Crippen LogP contribution >= 0.6 is 0 Å². The van der Waals surface area contributed by atoms with Crippen molar-refractivity contribution in [2.24, 2.45) is 0 Å². The molecular formula is C18H24F3N3O3S. The molecule has 0 spiro atoms. The molecule has 156 valence electrons. The van der Waals surface area contributed by atoms with Gasteiger partial charge in [-0.1, -0.05) is 6.42 Å². The molecule has 1 aromatic carbocycles. The van der Waals surface area contributed by atoms with Gasteiger partial charge in [0.15, 0.2) is 0 Å². The maximum Gasteiger partial charge on any atom is 0.405 e. The molecule has 0 bridgehead atoms. The molecule has 0 aliphatic carbocycles. The van der Waals surface area contributed by atoms with Crippen LogP contribution in [0.2, 0.25) is 0 Å². The maximum atomic E-state index is 12.9. The van der Waals surface area contributed by atoms with Crippen LogP contribution in [-0.2, 0) is 10.0 Å². The van der Waals surface area contributed by atoms with Crippen molar-refractivity contribution in [1.29, 1.82) is 0 Å². The standard InChI is InChI=1S/C18H24F3N3O3S/c19-18(20,21)13-22-17(25)15-12-14(6-7-16(15)23-8-4-5-9-23)28(26,27)24-10-2-1-3-11-24/h6-7,12H,1-5,8-11,13H2,(H,22,25). The first-order valence-electron chi connectivity index (χ1n) is 9.42. The predicted octanol–water partition coefficient (Wildman–Crippen LogP) is 2.75. The first kappa shape index (κ1) is 20.9. The molecule has 2 heterocycles. The van der Waals surface area contributed by atoms with Crippen LogP contribution in [0.3, 0.4) is 0 Å². The number of carbonyl (C=O) groups excluding carboxylic acids is 1. The lowest BCUT2D eigenvalue weighted by Gasteiger charge is -2.27. The van der Waals surface area contributed by atoms with Crippen molar-refractivity contribution in [3.05, 3.63) is 23.8 Å². The van der Waals surface area contributed by atoms with E-state index in [0.29, 0.717) is 31.9 Å². The van der Waals surface area contributed by atoms with Gasteiger partial charge in [-0.2, -0.15) is 17.5 Å². The maximum absolute atomic E-state index is 12.9. The number of benzene rings is 1. The van der Waals surface area contributed by atoms with E-state index in [1.165, 1.54) is 22.5 Å². The van der Waals surface area contributed by atoms with Gasteiger partial charge in [0.1, 0.15) is 6.54 Å². The van der Waals surface area contributed by atoms with E-state index < -0.39 is 28.7 Å². The number of hydrogen-bond acceptors (Lipinski definition) is 4. The minimum Gasteiger partial charge on any atom is -0.371 e. The molecule has 0 atom stereocenters. The van der Waals surface area contributed by atoms with Gasteiger partial charge in [-0.15, -0.1) is 0 Å². The van der Waals surface area contributed by atoms with Crippen LogP contribution < -0.4 is 10.2 Å². The summed E-state index contributed by atoms with van der Waals surface area (Å²) in [5, 5.41) is 1.86. The van der Waals surface area contributed by atoms with Crippen LogP contribution in [0.5, 0.6) is 0 Å². The summed E-state index contributed by atoms with van der Waals surface area (Å²) in [6.45, 7) is 0.710. The van der Waals surface area contributed by atoms with Gasteiger partial charge in [-0.25, -0.2) is 8.42 Å². The average molecular weight is 419 g/mol. The third-order valence-electron chi connectivity index (χ3n) is 5.06. The van der Waals surface area contributed by atoms with Crippen molar-refractivity contribution in [2.75, 3.05) is 37.6 Å². The van der Waals surface area contributed by atoms with Gasteiger partial charge in [-0.3, -0.25) is 4.79 Å². The van der Waals surface area contributed by atoms with E-state index in [1.807, 2.05) is 10.2 Å². The first-order chi connectivity index (χ1) is 13.2. The first-order valence-corrected chi connectivity index (χ1v) is 10.9. The Hall–Kier alpha value is -1.81. The summed E-state index contributed by atoms with van der Waals surface area (Å²) in [5.41, 5.74) is 0.430. The number of alkyl halides is 3. The van der Waals surface area contributed by atoms with Crippen molar-refractivity contribution >= 4 is 21.6 Å². The molecule has 1 N–H and O–H groups in total. The second kappa shape index (κ2) is 8.28. The number of sulfonamides is 1. The predicted molar refractivity (Wildman–Crippen MR) is 98.9 cm³/mol. The molecular weight excluding hydrogens is 395 g/mol. The van der Waals surface area contributed by atoms with Crippen molar-refractivity contribution in [3.63, 3.8) is 0 Å². The third kappa shape index (κ3) is 4.78. The highest BCUT2D eigenvalue weighted by Crippen LogP contribution is 2.29. The number of hydrogen-bond donors (Lipinski definition) is 1. The van der Waals surface area contributed by atoms with Gasteiger partial charge in [-0.05, 0) is 43.9 Å².